The second kappa shape index (κ2) is 5.58. The first-order valence-electron chi connectivity index (χ1n) is 8.01. The zero-order valence-electron chi connectivity index (χ0n) is 13.6. The fourth-order valence-corrected chi connectivity index (χ4v) is 3.01. The van der Waals surface area contributed by atoms with Gasteiger partial charge in [-0.2, -0.15) is 0 Å². The van der Waals surface area contributed by atoms with Crippen molar-refractivity contribution in [3.05, 3.63) is 35.4 Å². The fourth-order valence-electron chi connectivity index (χ4n) is 3.01. The van der Waals surface area contributed by atoms with Gasteiger partial charge in [0.25, 0.3) is 0 Å². The second-order valence-corrected chi connectivity index (χ2v) is 7.57. The summed E-state index contributed by atoms with van der Waals surface area (Å²) >= 11 is 0. The van der Waals surface area contributed by atoms with Crippen molar-refractivity contribution in [3.63, 3.8) is 0 Å². The number of amides is 1. The van der Waals surface area contributed by atoms with Gasteiger partial charge in [-0.15, -0.1) is 0 Å². The molecule has 120 valence electrons. The van der Waals surface area contributed by atoms with E-state index in [0.717, 1.165) is 31.6 Å². The number of benzene rings is 1. The van der Waals surface area contributed by atoms with Crippen molar-refractivity contribution in [2.24, 2.45) is 5.41 Å². The topological polar surface area (TPSA) is 47.6 Å². The first-order valence-corrected chi connectivity index (χ1v) is 8.01. The molecular weight excluding hydrogens is 278 g/mol. The molecule has 4 heteroatoms. The van der Waals surface area contributed by atoms with Crippen LogP contribution in [0.15, 0.2) is 24.3 Å². The van der Waals surface area contributed by atoms with E-state index in [9.17, 15) is 4.79 Å². The zero-order chi connectivity index (χ0) is 15.8. The summed E-state index contributed by atoms with van der Waals surface area (Å²) in [6.07, 6.45) is 1.67. The Morgan fingerprint density at radius 1 is 1.45 bits per heavy atom. The van der Waals surface area contributed by atoms with Crippen molar-refractivity contribution in [1.29, 1.82) is 0 Å². The summed E-state index contributed by atoms with van der Waals surface area (Å²) in [7, 11) is 0. The molecule has 1 aromatic carbocycles. The highest BCUT2D eigenvalue weighted by Gasteiger charge is 2.59. The maximum atomic E-state index is 11.9. The van der Waals surface area contributed by atoms with E-state index < -0.39 is 0 Å². The van der Waals surface area contributed by atoms with E-state index in [1.807, 2.05) is 12.1 Å². The van der Waals surface area contributed by atoms with Gasteiger partial charge in [-0.3, -0.25) is 0 Å². The van der Waals surface area contributed by atoms with Crippen LogP contribution in [0.4, 0.5) is 4.79 Å². The molecule has 2 aliphatic rings. The minimum absolute atomic E-state index is 0.0379. The molecule has 0 aromatic heterocycles. The number of carbonyl (C=O) groups is 1. The van der Waals surface area contributed by atoms with Gasteiger partial charge >= 0.3 is 6.09 Å². The molecule has 1 amide bonds. The van der Waals surface area contributed by atoms with Gasteiger partial charge < -0.3 is 14.8 Å². The van der Waals surface area contributed by atoms with Crippen molar-refractivity contribution in [2.45, 2.75) is 51.7 Å². The molecule has 1 heterocycles. The lowest BCUT2D eigenvalue weighted by atomic mass is 9.86. The van der Waals surface area contributed by atoms with Crippen molar-refractivity contribution in [1.82, 2.24) is 5.32 Å². The SMILES string of the molecule is CC(C)(C)c1cccc(CNC(=O)OC2C[C@@]23CCOC3)c1. The van der Waals surface area contributed by atoms with Crippen molar-refractivity contribution < 1.29 is 14.3 Å². The third-order valence-corrected chi connectivity index (χ3v) is 4.73. The van der Waals surface area contributed by atoms with E-state index in [-0.39, 0.29) is 23.0 Å². The molecule has 1 aromatic rings. The Labute approximate surface area is 132 Å². The molecule has 2 fully saturated rings. The molecule has 22 heavy (non-hydrogen) atoms. The van der Waals surface area contributed by atoms with E-state index in [2.05, 4.69) is 38.2 Å². The number of nitrogens with one attached hydrogen (secondary N) is 1. The van der Waals surface area contributed by atoms with Crippen LogP contribution in [-0.2, 0) is 21.4 Å². The normalized spacial score (nSPS) is 27.0. The van der Waals surface area contributed by atoms with Gasteiger partial charge in [-0.05, 0) is 29.4 Å². The maximum absolute atomic E-state index is 11.9. The molecule has 1 aliphatic heterocycles. The summed E-state index contributed by atoms with van der Waals surface area (Å²) in [4.78, 5) is 11.9. The molecule has 4 nitrogen and oxygen atoms in total. The maximum Gasteiger partial charge on any atom is 0.407 e. The van der Waals surface area contributed by atoms with Crippen LogP contribution in [0.3, 0.4) is 0 Å². The molecule has 2 atom stereocenters. The predicted molar refractivity (Wildman–Crippen MR) is 84.7 cm³/mol. The molecule has 3 rings (SSSR count). The van der Waals surface area contributed by atoms with E-state index in [1.54, 1.807) is 0 Å². The van der Waals surface area contributed by atoms with Gasteiger partial charge in [-0.25, -0.2) is 4.79 Å². The van der Waals surface area contributed by atoms with Crippen LogP contribution in [0.2, 0.25) is 0 Å². The predicted octanol–water partition coefficient (Wildman–Crippen LogP) is 3.39. The van der Waals surface area contributed by atoms with Crippen molar-refractivity contribution >= 4 is 6.09 Å². The Morgan fingerprint density at radius 3 is 2.95 bits per heavy atom. The average molecular weight is 303 g/mol. The first-order chi connectivity index (χ1) is 10.4. The number of ether oxygens (including phenoxy) is 2. The quantitative estimate of drug-likeness (QED) is 0.931. The Kier molecular flexibility index (Phi) is 3.89. The standard InChI is InChI=1S/C18H25NO3/c1-17(2,3)14-6-4-5-13(9-14)11-19-16(20)22-15-10-18(15)7-8-21-12-18/h4-6,9,15H,7-8,10-12H2,1-3H3,(H,19,20)/t15?,18-/m1/s1. The second-order valence-electron chi connectivity index (χ2n) is 7.57. The van der Waals surface area contributed by atoms with Gasteiger partial charge in [0.05, 0.1) is 6.61 Å². The minimum Gasteiger partial charge on any atom is -0.446 e. The van der Waals surface area contributed by atoms with Gasteiger partial charge in [0, 0.05) is 18.6 Å². The monoisotopic (exact) mass is 303 g/mol. The number of hydrogen-bond acceptors (Lipinski definition) is 3. The van der Waals surface area contributed by atoms with E-state index in [0.29, 0.717) is 6.54 Å². The van der Waals surface area contributed by atoms with Crippen LogP contribution in [-0.4, -0.2) is 25.4 Å². The molecule has 1 saturated carbocycles. The van der Waals surface area contributed by atoms with E-state index >= 15 is 0 Å². The Hall–Kier alpha value is -1.55. The molecule has 1 spiro atoms. The summed E-state index contributed by atoms with van der Waals surface area (Å²) in [5.41, 5.74) is 2.60. The Morgan fingerprint density at radius 2 is 2.27 bits per heavy atom. The average Bonchev–Trinajstić information content (AvgIpc) is 2.90. The third-order valence-electron chi connectivity index (χ3n) is 4.73. The van der Waals surface area contributed by atoms with E-state index in [1.165, 1.54) is 5.56 Å². The van der Waals surface area contributed by atoms with Crippen molar-refractivity contribution in [2.75, 3.05) is 13.2 Å². The Balaban J connectivity index is 1.49. The molecule has 0 bridgehead atoms. The van der Waals surface area contributed by atoms with Crippen LogP contribution in [0.1, 0.15) is 44.7 Å². The molecule has 1 aliphatic carbocycles. The van der Waals surface area contributed by atoms with Crippen molar-refractivity contribution in [3.8, 4) is 0 Å². The Bertz CT molecular complexity index is 556. The molecular formula is C18H25NO3. The van der Waals surface area contributed by atoms with Crippen LogP contribution >= 0.6 is 0 Å². The summed E-state index contributed by atoms with van der Waals surface area (Å²) in [6, 6.07) is 8.33. The summed E-state index contributed by atoms with van der Waals surface area (Å²) in [6.45, 7) is 8.58. The highest BCUT2D eigenvalue weighted by molar-refractivity contribution is 5.67. The van der Waals surface area contributed by atoms with Crippen LogP contribution in [0, 0.1) is 5.41 Å². The number of rotatable bonds is 3. The fraction of sp³-hybridized carbons (Fsp3) is 0.611. The minimum atomic E-state index is -0.324. The van der Waals surface area contributed by atoms with Crippen LogP contribution in [0.25, 0.3) is 0 Å². The van der Waals surface area contributed by atoms with Gasteiger partial charge in [0.2, 0.25) is 0 Å². The lowest BCUT2D eigenvalue weighted by molar-refractivity contribution is 0.113. The molecule has 1 unspecified atom stereocenters. The zero-order valence-corrected chi connectivity index (χ0v) is 13.6. The molecule has 0 radical (unpaired) electrons. The number of alkyl carbamates (subject to hydrolysis) is 1. The van der Waals surface area contributed by atoms with E-state index in [4.69, 9.17) is 9.47 Å². The highest BCUT2D eigenvalue weighted by atomic mass is 16.6. The van der Waals surface area contributed by atoms with Gasteiger partial charge in [-0.1, -0.05) is 45.0 Å². The summed E-state index contributed by atoms with van der Waals surface area (Å²) in [5.74, 6) is 0. The lowest BCUT2D eigenvalue weighted by Crippen LogP contribution is -2.26. The molecule has 1 saturated heterocycles. The van der Waals surface area contributed by atoms with Gasteiger partial charge in [0.1, 0.15) is 6.10 Å². The lowest BCUT2D eigenvalue weighted by Gasteiger charge is -2.19. The molecule has 1 N–H and O–H groups in total. The highest BCUT2D eigenvalue weighted by Crippen LogP contribution is 2.54. The van der Waals surface area contributed by atoms with Crippen LogP contribution in [0.5, 0.6) is 0 Å². The third kappa shape index (κ3) is 3.27. The van der Waals surface area contributed by atoms with Gasteiger partial charge in [0.15, 0.2) is 0 Å². The number of carbonyl (C=O) groups excluding carboxylic acids is 1. The summed E-state index contributed by atoms with van der Waals surface area (Å²) < 4.78 is 10.9. The largest absolute Gasteiger partial charge is 0.446 e. The number of hydrogen-bond donors (Lipinski definition) is 1. The summed E-state index contributed by atoms with van der Waals surface area (Å²) in [5, 5.41) is 2.85. The smallest absolute Gasteiger partial charge is 0.407 e. The first kappa shape index (κ1) is 15.3. The van der Waals surface area contributed by atoms with Crippen LogP contribution < -0.4 is 5.32 Å².